The molecule has 0 heterocycles. The molecule has 0 radical (unpaired) electrons. The number of ether oxygens (including phenoxy) is 2. The van der Waals surface area contributed by atoms with Crippen LogP contribution in [0.25, 0.3) is 0 Å². The second-order valence-electron chi connectivity index (χ2n) is 2.91. The Morgan fingerprint density at radius 2 is 2.06 bits per heavy atom. The Kier molecular flexibility index (Phi) is 4.22. The predicted molar refractivity (Wildman–Crippen MR) is 54.1 cm³/mol. The molecular formula is C10H8ClF3O3. The summed E-state index contributed by atoms with van der Waals surface area (Å²) < 4.78 is 44.1. The molecule has 94 valence electrons. The van der Waals surface area contributed by atoms with Crippen LogP contribution in [0.15, 0.2) is 18.2 Å². The van der Waals surface area contributed by atoms with Gasteiger partial charge < -0.3 is 9.47 Å². The minimum atomic E-state index is -4.82. The van der Waals surface area contributed by atoms with E-state index in [-0.39, 0.29) is 17.2 Å². The van der Waals surface area contributed by atoms with Crippen molar-refractivity contribution in [3.8, 4) is 5.75 Å². The molecule has 0 atom stereocenters. The predicted octanol–water partition coefficient (Wildman–Crippen LogP) is 3.42. The third-order valence-electron chi connectivity index (χ3n) is 1.67. The molecule has 0 aliphatic rings. The summed E-state index contributed by atoms with van der Waals surface area (Å²) in [7, 11) is 0. The largest absolute Gasteiger partial charge is 0.573 e. The third kappa shape index (κ3) is 4.14. The first-order valence-corrected chi connectivity index (χ1v) is 4.93. The molecule has 1 rings (SSSR count). The summed E-state index contributed by atoms with van der Waals surface area (Å²) in [5.41, 5.74) is 0.0615. The number of carbonyl (C=O) groups excluding carboxylic acids is 1. The van der Waals surface area contributed by atoms with Gasteiger partial charge in [0.1, 0.15) is 5.75 Å². The lowest BCUT2D eigenvalue weighted by molar-refractivity contribution is -0.274. The molecule has 0 spiro atoms. The average molecular weight is 269 g/mol. The van der Waals surface area contributed by atoms with Gasteiger partial charge in [0.15, 0.2) is 0 Å². The summed E-state index contributed by atoms with van der Waals surface area (Å²) in [6.45, 7) is 1.78. The molecule has 0 aromatic heterocycles. The number of esters is 1. The third-order valence-corrected chi connectivity index (χ3v) is 1.96. The minimum Gasteiger partial charge on any atom is -0.462 e. The lowest BCUT2D eigenvalue weighted by Crippen LogP contribution is -2.17. The van der Waals surface area contributed by atoms with Crippen molar-refractivity contribution >= 4 is 17.6 Å². The number of benzene rings is 1. The smallest absolute Gasteiger partial charge is 0.462 e. The molecule has 0 saturated heterocycles. The molecule has 1 aromatic carbocycles. The van der Waals surface area contributed by atoms with Gasteiger partial charge in [-0.15, -0.1) is 13.2 Å². The molecule has 0 unspecified atom stereocenters. The molecule has 7 heteroatoms. The lowest BCUT2D eigenvalue weighted by atomic mass is 10.2. The highest BCUT2D eigenvalue weighted by molar-refractivity contribution is 6.32. The fourth-order valence-electron chi connectivity index (χ4n) is 1.05. The van der Waals surface area contributed by atoms with Crippen LogP contribution < -0.4 is 4.74 Å². The van der Waals surface area contributed by atoms with E-state index in [9.17, 15) is 18.0 Å². The van der Waals surface area contributed by atoms with Crippen molar-refractivity contribution in [1.82, 2.24) is 0 Å². The fraction of sp³-hybridized carbons (Fsp3) is 0.300. The number of hydrogen-bond donors (Lipinski definition) is 0. The van der Waals surface area contributed by atoms with Gasteiger partial charge in [-0.05, 0) is 25.1 Å². The van der Waals surface area contributed by atoms with Crippen LogP contribution in [0.2, 0.25) is 5.02 Å². The zero-order valence-corrected chi connectivity index (χ0v) is 9.43. The van der Waals surface area contributed by atoms with Gasteiger partial charge in [-0.3, -0.25) is 0 Å². The van der Waals surface area contributed by atoms with Crippen LogP contribution in [0.5, 0.6) is 5.75 Å². The van der Waals surface area contributed by atoms with E-state index in [1.165, 1.54) is 0 Å². The van der Waals surface area contributed by atoms with E-state index >= 15 is 0 Å². The van der Waals surface area contributed by atoms with Crippen molar-refractivity contribution in [3.05, 3.63) is 28.8 Å². The topological polar surface area (TPSA) is 35.5 Å². The van der Waals surface area contributed by atoms with Crippen molar-refractivity contribution in [2.45, 2.75) is 13.3 Å². The highest BCUT2D eigenvalue weighted by atomic mass is 35.5. The zero-order valence-electron chi connectivity index (χ0n) is 8.68. The van der Waals surface area contributed by atoms with Crippen LogP contribution in [-0.2, 0) is 4.74 Å². The summed E-state index contributed by atoms with van der Waals surface area (Å²) in [5.74, 6) is -1.22. The van der Waals surface area contributed by atoms with E-state index in [0.717, 1.165) is 18.2 Å². The summed E-state index contributed by atoms with van der Waals surface area (Å²) >= 11 is 5.55. The summed E-state index contributed by atoms with van der Waals surface area (Å²) in [4.78, 5) is 11.2. The van der Waals surface area contributed by atoms with Gasteiger partial charge in [-0.25, -0.2) is 4.79 Å². The van der Waals surface area contributed by atoms with E-state index in [1.54, 1.807) is 6.92 Å². The van der Waals surface area contributed by atoms with Crippen LogP contribution in [-0.4, -0.2) is 18.9 Å². The Balaban J connectivity index is 2.90. The minimum absolute atomic E-state index is 0.0615. The number of hydrogen-bond acceptors (Lipinski definition) is 3. The number of rotatable bonds is 3. The normalized spacial score (nSPS) is 11.1. The van der Waals surface area contributed by atoms with Crippen molar-refractivity contribution < 1.29 is 27.4 Å². The van der Waals surface area contributed by atoms with Crippen LogP contribution in [0.3, 0.4) is 0 Å². The maximum atomic E-state index is 11.9. The molecule has 0 amide bonds. The Hall–Kier alpha value is -1.43. The van der Waals surface area contributed by atoms with Crippen LogP contribution in [0.1, 0.15) is 17.3 Å². The Morgan fingerprint density at radius 1 is 1.41 bits per heavy atom. The van der Waals surface area contributed by atoms with Gasteiger partial charge in [0.25, 0.3) is 0 Å². The molecule has 0 N–H and O–H groups in total. The van der Waals surface area contributed by atoms with E-state index in [4.69, 9.17) is 11.6 Å². The van der Waals surface area contributed by atoms with Crippen molar-refractivity contribution in [2.24, 2.45) is 0 Å². The molecule has 0 aliphatic carbocycles. The first-order chi connectivity index (χ1) is 7.83. The average Bonchev–Trinajstić information content (AvgIpc) is 2.19. The summed E-state index contributed by atoms with van der Waals surface area (Å²) in [6, 6.07) is 3.16. The van der Waals surface area contributed by atoms with Crippen molar-refractivity contribution in [3.63, 3.8) is 0 Å². The van der Waals surface area contributed by atoms with Crippen molar-refractivity contribution in [1.29, 1.82) is 0 Å². The van der Waals surface area contributed by atoms with Gasteiger partial charge in [0.05, 0.1) is 17.2 Å². The Bertz CT molecular complexity index is 418. The molecule has 0 aliphatic heterocycles. The van der Waals surface area contributed by atoms with Gasteiger partial charge in [-0.2, -0.15) is 0 Å². The molecule has 17 heavy (non-hydrogen) atoms. The SMILES string of the molecule is CCOC(=O)c1ccc(OC(F)(F)F)c(Cl)c1. The molecule has 1 aromatic rings. The molecule has 0 bridgehead atoms. The van der Waals surface area contributed by atoms with Crippen LogP contribution in [0.4, 0.5) is 13.2 Å². The van der Waals surface area contributed by atoms with E-state index < -0.39 is 18.1 Å². The number of halogens is 4. The monoisotopic (exact) mass is 268 g/mol. The second-order valence-corrected chi connectivity index (χ2v) is 3.32. The maximum absolute atomic E-state index is 11.9. The van der Waals surface area contributed by atoms with Gasteiger partial charge >= 0.3 is 12.3 Å². The second kappa shape index (κ2) is 5.27. The highest BCUT2D eigenvalue weighted by Crippen LogP contribution is 2.30. The van der Waals surface area contributed by atoms with Crippen LogP contribution >= 0.6 is 11.6 Å². The standard InChI is InChI=1S/C10H8ClF3O3/c1-2-16-9(15)6-3-4-8(7(11)5-6)17-10(12,13)14/h3-5H,2H2,1H3. The van der Waals surface area contributed by atoms with E-state index in [2.05, 4.69) is 9.47 Å². The number of carbonyl (C=O) groups is 1. The van der Waals surface area contributed by atoms with Gasteiger partial charge in [0, 0.05) is 0 Å². The molecule has 0 fully saturated rings. The first-order valence-electron chi connectivity index (χ1n) is 4.56. The van der Waals surface area contributed by atoms with Gasteiger partial charge in [0.2, 0.25) is 0 Å². The molecular weight excluding hydrogens is 261 g/mol. The lowest BCUT2D eigenvalue weighted by Gasteiger charge is -2.10. The Morgan fingerprint density at radius 3 is 2.53 bits per heavy atom. The van der Waals surface area contributed by atoms with E-state index in [1.807, 2.05) is 0 Å². The van der Waals surface area contributed by atoms with Crippen LogP contribution in [0, 0.1) is 0 Å². The molecule has 3 nitrogen and oxygen atoms in total. The summed E-state index contributed by atoms with van der Waals surface area (Å²) in [5, 5.41) is -0.312. The van der Waals surface area contributed by atoms with Gasteiger partial charge in [-0.1, -0.05) is 11.6 Å². The number of alkyl halides is 3. The molecule has 0 saturated carbocycles. The first kappa shape index (κ1) is 13.6. The Labute approximate surface area is 100 Å². The summed E-state index contributed by atoms with van der Waals surface area (Å²) in [6.07, 6.45) is -4.82. The maximum Gasteiger partial charge on any atom is 0.573 e. The highest BCUT2D eigenvalue weighted by Gasteiger charge is 2.32. The quantitative estimate of drug-likeness (QED) is 0.788. The fourth-order valence-corrected chi connectivity index (χ4v) is 1.27. The van der Waals surface area contributed by atoms with Crippen molar-refractivity contribution in [2.75, 3.05) is 6.61 Å². The van der Waals surface area contributed by atoms with E-state index in [0.29, 0.717) is 0 Å². The zero-order chi connectivity index (χ0) is 13.1.